The van der Waals surface area contributed by atoms with Crippen LogP contribution in [-0.4, -0.2) is 111 Å². The largest absolute Gasteiger partial charge is 0.475 e. The number of pyridine rings is 1. The average molecular weight is 552 g/mol. The van der Waals surface area contributed by atoms with Crippen molar-refractivity contribution in [2.24, 2.45) is 5.41 Å². The zero-order valence-electron chi connectivity index (χ0n) is 23.3. The lowest BCUT2D eigenvalue weighted by Gasteiger charge is -2.42. The summed E-state index contributed by atoms with van der Waals surface area (Å²) in [7, 11) is 0. The van der Waals surface area contributed by atoms with Crippen LogP contribution in [0.25, 0.3) is 0 Å². The van der Waals surface area contributed by atoms with Gasteiger partial charge in [-0.05, 0) is 17.5 Å². The number of rotatable bonds is 3. The summed E-state index contributed by atoms with van der Waals surface area (Å²) in [4.78, 5) is 58.0. The van der Waals surface area contributed by atoms with Gasteiger partial charge in [-0.1, -0.05) is 20.8 Å². The molecule has 3 amide bonds. The van der Waals surface area contributed by atoms with Crippen molar-refractivity contribution in [3.8, 4) is 5.88 Å². The van der Waals surface area contributed by atoms with E-state index in [0.29, 0.717) is 51.3 Å². The second kappa shape index (κ2) is 11.8. The highest BCUT2D eigenvalue weighted by Crippen LogP contribution is 2.24. The molecular formula is C28H37N7O5. The van der Waals surface area contributed by atoms with E-state index in [4.69, 9.17) is 9.47 Å². The second-order valence-corrected chi connectivity index (χ2v) is 11.9. The highest BCUT2D eigenvalue weighted by atomic mass is 16.5. The second-order valence-electron chi connectivity index (χ2n) is 11.9. The predicted molar refractivity (Wildman–Crippen MR) is 144 cm³/mol. The minimum absolute atomic E-state index is 0.0503. The van der Waals surface area contributed by atoms with Gasteiger partial charge in [-0.15, -0.1) is 0 Å². The van der Waals surface area contributed by atoms with E-state index in [1.165, 1.54) is 6.33 Å². The van der Waals surface area contributed by atoms with Crippen LogP contribution in [0.2, 0.25) is 0 Å². The zero-order valence-corrected chi connectivity index (χ0v) is 23.3. The van der Waals surface area contributed by atoms with Crippen molar-refractivity contribution in [2.45, 2.75) is 51.9 Å². The monoisotopic (exact) mass is 551 g/mol. The molecule has 5 heterocycles. The molecule has 40 heavy (non-hydrogen) atoms. The first kappa shape index (κ1) is 27.9. The summed E-state index contributed by atoms with van der Waals surface area (Å²) in [5.74, 6) is -0.246. The number of carbonyl (C=O) groups is 3. The van der Waals surface area contributed by atoms with Crippen molar-refractivity contribution >= 4 is 17.7 Å². The Morgan fingerprint density at radius 3 is 2.70 bits per heavy atom. The Labute approximate surface area is 234 Å². The molecule has 2 aromatic heterocycles. The minimum Gasteiger partial charge on any atom is -0.475 e. The highest BCUT2D eigenvalue weighted by Gasteiger charge is 2.39. The number of amides is 3. The summed E-state index contributed by atoms with van der Waals surface area (Å²) < 4.78 is 12.2. The Morgan fingerprint density at radius 2 is 1.93 bits per heavy atom. The third kappa shape index (κ3) is 6.73. The number of carbonyl (C=O) groups excluding carboxylic acids is 3. The Morgan fingerprint density at radius 1 is 1.12 bits per heavy atom. The lowest BCUT2D eigenvalue weighted by atomic mass is 9.91. The van der Waals surface area contributed by atoms with Crippen LogP contribution in [0.1, 0.15) is 43.1 Å². The maximum atomic E-state index is 13.4. The Balaban J connectivity index is 1.36. The van der Waals surface area contributed by atoms with Crippen LogP contribution in [0, 0.1) is 5.41 Å². The van der Waals surface area contributed by atoms with E-state index in [2.05, 4.69) is 25.2 Å². The van der Waals surface area contributed by atoms with E-state index in [1.54, 1.807) is 40.5 Å². The van der Waals surface area contributed by atoms with E-state index in [1.807, 2.05) is 20.8 Å². The van der Waals surface area contributed by atoms with Crippen molar-refractivity contribution in [2.75, 3.05) is 45.9 Å². The fraction of sp³-hybridized carbons (Fsp3) is 0.571. The molecule has 0 aliphatic carbocycles. The fourth-order valence-electron chi connectivity index (χ4n) is 5.44. The summed E-state index contributed by atoms with van der Waals surface area (Å²) in [6.07, 6.45) is 6.59. The molecule has 3 atom stereocenters. The fourth-order valence-corrected chi connectivity index (χ4v) is 5.44. The first-order valence-electron chi connectivity index (χ1n) is 13.7. The van der Waals surface area contributed by atoms with E-state index in [-0.39, 0.29) is 48.3 Å². The molecule has 12 nitrogen and oxygen atoms in total. The van der Waals surface area contributed by atoms with Crippen LogP contribution in [-0.2, 0) is 20.9 Å². The third-order valence-corrected chi connectivity index (χ3v) is 7.36. The molecule has 0 aromatic carbocycles. The summed E-state index contributed by atoms with van der Waals surface area (Å²) in [5, 5.41) is 3.08. The number of hydrogen-bond donors (Lipinski definition) is 1. The van der Waals surface area contributed by atoms with E-state index >= 15 is 0 Å². The normalized spacial score (nSPS) is 24.4. The quantitative estimate of drug-likeness (QED) is 0.587. The van der Waals surface area contributed by atoms with Gasteiger partial charge in [0.1, 0.15) is 25.1 Å². The van der Waals surface area contributed by atoms with Gasteiger partial charge in [0, 0.05) is 69.8 Å². The zero-order chi connectivity index (χ0) is 28.3. The maximum Gasteiger partial charge on any atom is 0.257 e. The molecule has 0 bridgehead atoms. The molecule has 1 N–H and O–H groups in total. The first-order chi connectivity index (χ1) is 19.2. The van der Waals surface area contributed by atoms with Crippen LogP contribution in [0.3, 0.4) is 0 Å². The summed E-state index contributed by atoms with van der Waals surface area (Å²) >= 11 is 0. The van der Waals surface area contributed by atoms with Gasteiger partial charge in [-0.3, -0.25) is 19.3 Å². The molecule has 0 saturated carbocycles. The molecule has 3 aliphatic rings. The van der Waals surface area contributed by atoms with Crippen molar-refractivity contribution in [3.05, 3.63) is 48.2 Å². The van der Waals surface area contributed by atoms with Gasteiger partial charge in [-0.25, -0.2) is 15.0 Å². The van der Waals surface area contributed by atoms with Crippen LogP contribution >= 0.6 is 0 Å². The molecule has 2 fully saturated rings. The molecule has 214 valence electrons. The number of fused-ring (bicyclic) bond motifs is 3. The molecule has 2 saturated heterocycles. The van der Waals surface area contributed by atoms with E-state index in [9.17, 15) is 14.4 Å². The standard InChI is InChI=1S/C28H37N7O5/c1-28(2,3)9-24(36)34-7-8-35-20(13-34)16-40-27-21(5-4-6-31-27)26(38)32-22-14-33(12-19-10-29-18-30-11-19)15-23(22)39-17-25(35)37/h4-6,10-11,18,20,22-23H,7-9,12-17H2,1-3H3,(H,32,38)/t20-,22+,23-/m0/s1. The van der Waals surface area contributed by atoms with Crippen LogP contribution in [0.4, 0.5) is 0 Å². The number of ether oxygens (including phenoxy) is 2. The number of hydrogen-bond acceptors (Lipinski definition) is 9. The molecule has 0 spiro atoms. The molecule has 2 aromatic rings. The Bertz CT molecular complexity index is 1220. The van der Waals surface area contributed by atoms with Crippen molar-refractivity contribution in [1.82, 2.24) is 35.0 Å². The molecule has 0 unspecified atom stereocenters. The van der Waals surface area contributed by atoms with Crippen molar-refractivity contribution < 1.29 is 23.9 Å². The Hall–Kier alpha value is -3.64. The van der Waals surface area contributed by atoms with Gasteiger partial charge in [0.15, 0.2) is 0 Å². The van der Waals surface area contributed by atoms with E-state index in [0.717, 1.165) is 5.56 Å². The number of aromatic nitrogens is 3. The number of nitrogens with one attached hydrogen (secondary N) is 1. The Kier molecular flexibility index (Phi) is 8.27. The maximum absolute atomic E-state index is 13.4. The molecule has 12 heteroatoms. The van der Waals surface area contributed by atoms with Gasteiger partial charge in [-0.2, -0.15) is 0 Å². The summed E-state index contributed by atoms with van der Waals surface area (Å²) in [6.45, 7) is 8.89. The van der Waals surface area contributed by atoms with Crippen molar-refractivity contribution in [1.29, 1.82) is 0 Å². The van der Waals surface area contributed by atoms with Crippen LogP contribution in [0.5, 0.6) is 5.88 Å². The molecular weight excluding hydrogens is 514 g/mol. The van der Waals surface area contributed by atoms with Gasteiger partial charge < -0.3 is 24.6 Å². The summed E-state index contributed by atoms with van der Waals surface area (Å²) in [5.41, 5.74) is 1.11. The minimum atomic E-state index is -0.401. The van der Waals surface area contributed by atoms with Gasteiger partial charge in [0.2, 0.25) is 17.7 Å². The summed E-state index contributed by atoms with van der Waals surface area (Å²) in [6, 6.07) is 2.61. The number of nitrogens with zero attached hydrogens (tertiary/aromatic N) is 6. The lowest BCUT2D eigenvalue weighted by Crippen LogP contribution is -2.59. The van der Waals surface area contributed by atoms with Gasteiger partial charge in [0.25, 0.3) is 5.91 Å². The molecule has 5 rings (SSSR count). The van der Waals surface area contributed by atoms with E-state index < -0.39 is 12.1 Å². The predicted octanol–water partition coefficient (Wildman–Crippen LogP) is 0.739. The number of piperazine rings is 1. The number of likely N-dealkylation sites (tertiary alicyclic amines) is 1. The first-order valence-corrected chi connectivity index (χ1v) is 13.7. The van der Waals surface area contributed by atoms with Gasteiger partial charge >= 0.3 is 0 Å². The van der Waals surface area contributed by atoms with Crippen LogP contribution < -0.4 is 10.1 Å². The average Bonchev–Trinajstić information content (AvgIpc) is 3.30. The SMILES string of the molecule is CC(C)(C)CC(=O)N1CCN2C(=O)CO[C@H]3CN(Cc4cncnc4)C[C@H]3NC(=O)c3cccnc3OC[C@@H]2C1. The van der Waals surface area contributed by atoms with Gasteiger partial charge in [0.05, 0.1) is 18.2 Å². The third-order valence-electron chi connectivity index (χ3n) is 7.36. The lowest BCUT2D eigenvalue weighted by molar-refractivity contribution is -0.149. The topological polar surface area (TPSA) is 130 Å². The molecule has 0 radical (unpaired) electrons. The highest BCUT2D eigenvalue weighted by molar-refractivity contribution is 5.96. The van der Waals surface area contributed by atoms with Crippen LogP contribution in [0.15, 0.2) is 37.1 Å². The van der Waals surface area contributed by atoms with Crippen molar-refractivity contribution in [3.63, 3.8) is 0 Å². The smallest absolute Gasteiger partial charge is 0.257 e. The molecule has 3 aliphatic heterocycles.